The zero-order valence-corrected chi connectivity index (χ0v) is 11.8. The van der Waals surface area contributed by atoms with Crippen LogP contribution in [0.25, 0.3) is 0 Å². The molecule has 0 spiro atoms. The van der Waals surface area contributed by atoms with Crippen molar-refractivity contribution < 1.29 is 9.90 Å². The minimum Gasteiger partial charge on any atom is -0.396 e. The second-order valence-corrected chi connectivity index (χ2v) is 6.06. The predicted molar refractivity (Wildman–Crippen MR) is 76.5 cm³/mol. The molecule has 2 N–H and O–H groups in total. The van der Waals surface area contributed by atoms with Gasteiger partial charge in [0.2, 0.25) is 5.91 Å². The van der Waals surface area contributed by atoms with E-state index in [0.29, 0.717) is 12.3 Å². The Morgan fingerprint density at radius 3 is 2.61 bits per heavy atom. The Kier molecular flexibility index (Phi) is 6.22. The Morgan fingerprint density at radius 2 is 2.00 bits per heavy atom. The number of amides is 1. The number of rotatable bonds is 7. The summed E-state index contributed by atoms with van der Waals surface area (Å²) < 4.78 is 0. The minimum atomic E-state index is -0.250. The van der Waals surface area contributed by atoms with Crippen LogP contribution in [-0.4, -0.2) is 29.9 Å². The van der Waals surface area contributed by atoms with Crippen LogP contribution < -0.4 is 5.32 Å². The number of carbonyl (C=O) groups excluding carboxylic acids is 1. The smallest absolute Gasteiger partial charge is 0.230 e. The van der Waals surface area contributed by atoms with E-state index < -0.39 is 0 Å². The maximum Gasteiger partial charge on any atom is 0.230 e. The van der Waals surface area contributed by atoms with E-state index in [1.54, 1.807) is 11.8 Å². The first-order chi connectivity index (χ1) is 8.53. The van der Waals surface area contributed by atoms with Crippen molar-refractivity contribution in [2.24, 2.45) is 5.41 Å². The quantitative estimate of drug-likeness (QED) is 0.795. The van der Waals surface area contributed by atoms with E-state index in [4.69, 9.17) is 5.11 Å². The van der Waals surface area contributed by atoms with E-state index in [-0.39, 0.29) is 17.9 Å². The van der Waals surface area contributed by atoms with E-state index >= 15 is 0 Å². The Labute approximate surface area is 113 Å². The third-order valence-corrected chi connectivity index (χ3v) is 3.54. The van der Waals surface area contributed by atoms with Crippen molar-refractivity contribution in [3.05, 3.63) is 35.9 Å². The second-order valence-electron chi connectivity index (χ2n) is 5.08. The highest BCUT2D eigenvalue weighted by Crippen LogP contribution is 2.13. The molecule has 0 saturated heterocycles. The normalized spacial score (nSPS) is 11.3. The number of aliphatic hydroxyl groups excluding tert-OH is 1. The van der Waals surface area contributed by atoms with Crippen molar-refractivity contribution in [2.75, 3.05) is 18.9 Å². The highest BCUT2D eigenvalue weighted by atomic mass is 32.2. The molecule has 0 bridgehead atoms. The summed E-state index contributed by atoms with van der Waals surface area (Å²) in [6.07, 6.45) is 0. The molecule has 100 valence electrons. The van der Waals surface area contributed by atoms with Gasteiger partial charge in [-0.25, -0.2) is 0 Å². The Balaban J connectivity index is 2.18. The number of hydrogen-bond acceptors (Lipinski definition) is 3. The molecule has 0 aliphatic rings. The van der Waals surface area contributed by atoms with Crippen LogP contribution in [0, 0.1) is 5.41 Å². The van der Waals surface area contributed by atoms with Crippen LogP contribution in [0.4, 0.5) is 0 Å². The van der Waals surface area contributed by atoms with Crippen molar-refractivity contribution in [1.29, 1.82) is 0 Å². The molecule has 1 amide bonds. The lowest BCUT2D eigenvalue weighted by Crippen LogP contribution is -2.36. The summed E-state index contributed by atoms with van der Waals surface area (Å²) in [4.78, 5) is 11.6. The molecule has 3 nitrogen and oxygen atoms in total. The molecule has 0 heterocycles. The van der Waals surface area contributed by atoms with Gasteiger partial charge < -0.3 is 10.4 Å². The summed E-state index contributed by atoms with van der Waals surface area (Å²) in [5, 5.41) is 11.9. The molecule has 0 aliphatic heterocycles. The molecule has 0 unspecified atom stereocenters. The predicted octanol–water partition coefficient (Wildman–Crippen LogP) is 2.05. The van der Waals surface area contributed by atoms with Gasteiger partial charge in [0.1, 0.15) is 0 Å². The van der Waals surface area contributed by atoms with E-state index in [1.165, 1.54) is 5.56 Å². The first-order valence-corrected chi connectivity index (χ1v) is 7.18. The van der Waals surface area contributed by atoms with Crippen molar-refractivity contribution in [2.45, 2.75) is 19.6 Å². The number of benzene rings is 1. The Hall–Kier alpha value is -1.00. The van der Waals surface area contributed by atoms with Gasteiger partial charge in [-0.2, -0.15) is 0 Å². The average Bonchev–Trinajstić information content (AvgIpc) is 2.38. The fourth-order valence-corrected chi connectivity index (χ4v) is 2.10. The van der Waals surface area contributed by atoms with Crippen LogP contribution >= 0.6 is 11.8 Å². The standard InChI is InChI=1S/C14H21NO2S/c1-14(2,11-16)10-15-13(17)9-18-8-12-6-4-3-5-7-12/h3-7,16H,8-11H2,1-2H3,(H,15,17). The van der Waals surface area contributed by atoms with Crippen molar-refractivity contribution in [3.63, 3.8) is 0 Å². The molecule has 18 heavy (non-hydrogen) atoms. The molecule has 0 radical (unpaired) electrons. The van der Waals surface area contributed by atoms with Gasteiger partial charge in [0, 0.05) is 24.3 Å². The van der Waals surface area contributed by atoms with Gasteiger partial charge in [0.15, 0.2) is 0 Å². The summed E-state index contributed by atoms with van der Waals surface area (Å²) in [5.74, 6) is 1.33. The van der Waals surface area contributed by atoms with Crippen molar-refractivity contribution in [1.82, 2.24) is 5.32 Å². The lowest BCUT2D eigenvalue weighted by atomic mass is 9.95. The van der Waals surface area contributed by atoms with Crippen LogP contribution in [0.5, 0.6) is 0 Å². The molecule has 0 aliphatic carbocycles. The molecule has 1 aromatic rings. The largest absolute Gasteiger partial charge is 0.396 e. The lowest BCUT2D eigenvalue weighted by Gasteiger charge is -2.21. The minimum absolute atomic E-state index is 0.0254. The highest BCUT2D eigenvalue weighted by Gasteiger charge is 2.17. The molecule has 1 aromatic carbocycles. The van der Waals surface area contributed by atoms with Crippen LogP contribution in [0.3, 0.4) is 0 Å². The molecular weight excluding hydrogens is 246 g/mol. The third-order valence-electron chi connectivity index (χ3n) is 2.54. The topological polar surface area (TPSA) is 49.3 Å². The van der Waals surface area contributed by atoms with Crippen LogP contribution in [0.15, 0.2) is 30.3 Å². The fourth-order valence-electron chi connectivity index (χ4n) is 1.28. The maximum atomic E-state index is 11.6. The summed E-state index contributed by atoms with van der Waals surface area (Å²) >= 11 is 1.60. The Morgan fingerprint density at radius 1 is 1.33 bits per heavy atom. The summed E-state index contributed by atoms with van der Waals surface area (Å²) in [7, 11) is 0. The zero-order valence-electron chi connectivity index (χ0n) is 11.0. The van der Waals surface area contributed by atoms with E-state index in [9.17, 15) is 4.79 Å². The van der Waals surface area contributed by atoms with Gasteiger partial charge in [0.05, 0.1) is 5.75 Å². The number of nitrogens with one attached hydrogen (secondary N) is 1. The van der Waals surface area contributed by atoms with Crippen molar-refractivity contribution in [3.8, 4) is 0 Å². The molecular formula is C14H21NO2S. The SMILES string of the molecule is CC(C)(CO)CNC(=O)CSCc1ccccc1. The second kappa shape index (κ2) is 7.44. The van der Waals surface area contributed by atoms with Gasteiger partial charge in [-0.1, -0.05) is 44.2 Å². The van der Waals surface area contributed by atoms with Gasteiger partial charge in [-0.3, -0.25) is 4.79 Å². The van der Waals surface area contributed by atoms with Crippen LogP contribution in [0.1, 0.15) is 19.4 Å². The average molecular weight is 267 g/mol. The molecule has 1 rings (SSSR count). The number of carbonyl (C=O) groups is 1. The summed E-state index contributed by atoms with van der Waals surface area (Å²) in [6.45, 7) is 4.42. The number of hydrogen-bond donors (Lipinski definition) is 2. The van der Waals surface area contributed by atoms with E-state index in [2.05, 4.69) is 17.4 Å². The van der Waals surface area contributed by atoms with Crippen LogP contribution in [-0.2, 0) is 10.5 Å². The van der Waals surface area contributed by atoms with Gasteiger partial charge in [-0.15, -0.1) is 11.8 Å². The molecule has 0 saturated carbocycles. The van der Waals surface area contributed by atoms with Gasteiger partial charge in [0.25, 0.3) is 0 Å². The van der Waals surface area contributed by atoms with Gasteiger partial charge in [-0.05, 0) is 5.56 Å². The summed E-state index contributed by atoms with van der Waals surface area (Å²) in [5.41, 5.74) is 0.978. The molecule has 0 fully saturated rings. The summed E-state index contributed by atoms with van der Waals surface area (Å²) in [6, 6.07) is 10.1. The number of thioether (sulfide) groups is 1. The molecule has 4 heteroatoms. The monoisotopic (exact) mass is 267 g/mol. The molecule has 0 aromatic heterocycles. The van der Waals surface area contributed by atoms with Gasteiger partial charge >= 0.3 is 0 Å². The fraction of sp³-hybridized carbons (Fsp3) is 0.500. The van der Waals surface area contributed by atoms with Crippen LogP contribution in [0.2, 0.25) is 0 Å². The first-order valence-electron chi connectivity index (χ1n) is 6.03. The number of aliphatic hydroxyl groups is 1. The van der Waals surface area contributed by atoms with E-state index in [1.807, 2.05) is 32.0 Å². The molecule has 0 atom stereocenters. The third kappa shape index (κ3) is 6.07. The highest BCUT2D eigenvalue weighted by molar-refractivity contribution is 7.99. The van der Waals surface area contributed by atoms with E-state index in [0.717, 1.165) is 5.75 Å². The maximum absolute atomic E-state index is 11.6. The zero-order chi connectivity index (χ0) is 13.4. The Bertz CT molecular complexity index is 365. The lowest BCUT2D eigenvalue weighted by molar-refractivity contribution is -0.119. The first kappa shape index (κ1) is 15.1. The van der Waals surface area contributed by atoms with Crippen molar-refractivity contribution >= 4 is 17.7 Å².